The van der Waals surface area contributed by atoms with Crippen LogP contribution in [0.25, 0.3) is 0 Å². The van der Waals surface area contributed by atoms with Crippen molar-refractivity contribution in [2.24, 2.45) is 0 Å². The summed E-state index contributed by atoms with van der Waals surface area (Å²) in [5.74, 6) is 1.08. The Morgan fingerprint density at radius 2 is 2.44 bits per heavy atom. The summed E-state index contributed by atoms with van der Waals surface area (Å²) in [5.41, 5.74) is 2.56. The first kappa shape index (κ1) is 12.4. The van der Waals surface area contributed by atoms with Gasteiger partial charge in [-0.1, -0.05) is 0 Å². The minimum absolute atomic E-state index is 0.391. The number of nitrogens with one attached hydrogen (secondary N) is 1. The van der Waals surface area contributed by atoms with Crippen molar-refractivity contribution in [2.45, 2.75) is 25.9 Å². The lowest BCUT2D eigenvalue weighted by Gasteiger charge is -2.35. The smallest absolute Gasteiger partial charge is 0.143 e. The lowest BCUT2D eigenvalue weighted by molar-refractivity contribution is 0.0984. The molecule has 0 bridgehead atoms. The van der Waals surface area contributed by atoms with Gasteiger partial charge in [0.2, 0.25) is 0 Å². The molecule has 0 aromatic carbocycles. The molecular weight excluding hydrogens is 294 g/mol. The summed E-state index contributed by atoms with van der Waals surface area (Å²) in [7, 11) is 0. The molecule has 1 atom stereocenters. The molecule has 1 fully saturated rings. The predicted molar refractivity (Wildman–Crippen MR) is 75.0 cm³/mol. The first-order valence-electron chi connectivity index (χ1n) is 6.49. The number of anilines is 1. The topological polar surface area (TPSA) is 37.4 Å². The fraction of sp³-hybridized carbons (Fsp3) is 0.615. The van der Waals surface area contributed by atoms with Gasteiger partial charge in [0.25, 0.3) is 0 Å². The first-order valence-corrected chi connectivity index (χ1v) is 7.28. The molecule has 3 rings (SSSR count). The van der Waals surface area contributed by atoms with Crippen LogP contribution in [-0.4, -0.2) is 37.3 Å². The van der Waals surface area contributed by atoms with Crippen molar-refractivity contribution in [3.05, 3.63) is 21.8 Å². The van der Waals surface area contributed by atoms with E-state index in [-0.39, 0.29) is 0 Å². The van der Waals surface area contributed by atoms with E-state index in [4.69, 9.17) is 9.72 Å². The second kappa shape index (κ2) is 5.15. The molecule has 2 aliphatic heterocycles. The summed E-state index contributed by atoms with van der Waals surface area (Å²) < 4.78 is 6.59. The normalized spacial score (nSPS) is 23.9. The van der Waals surface area contributed by atoms with Crippen LogP contribution < -0.4 is 10.2 Å². The molecule has 4 nitrogen and oxygen atoms in total. The fourth-order valence-corrected chi connectivity index (χ4v) is 3.19. The van der Waals surface area contributed by atoms with Crippen molar-refractivity contribution in [3.63, 3.8) is 0 Å². The number of nitrogens with zero attached hydrogens (tertiary/aromatic N) is 2. The largest absolute Gasteiger partial charge is 0.377 e. The Labute approximate surface area is 116 Å². The van der Waals surface area contributed by atoms with E-state index in [2.05, 4.69) is 39.1 Å². The lowest BCUT2D eigenvalue weighted by atomic mass is 10.1. The maximum absolute atomic E-state index is 5.49. The third-order valence-corrected chi connectivity index (χ3v) is 4.20. The summed E-state index contributed by atoms with van der Waals surface area (Å²) in [5, 5.41) is 3.38. The van der Waals surface area contributed by atoms with E-state index in [1.54, 1.807) is 0 Å². The van der Waals surface area contributed by atoms with Gasteiger partial charge in [0, 0.05) is 31.7 Å². The molecule has 0 unspecified atom stereocenters. The third-order valence-electron chi connectivity index (χ3n) is 3.62. The van der Waals surface area contributed by atoms with Crippen molar-refractivity contribution in [1.29, 1.82) is 0 Å². The Balaban J connectivity index is 1.95. The van der Waals surface area contributed by atoms with Crippen LogP contribution in [0.1, 0.15) is 18.2 Å². The molecule has 0 amide bonds. The SMILES string of the molecule is C[C@@H]1COCCN1c1nc2c(cc1Br)CNCC2. The number of morpholine rings is 1. The van der Waals surface area contributed by atoms with E-state index < -0.39 is 0 Å². The van der Waals surface area contributed by atoms with Gasteiger partial charge in [-0.25, -0.2) is 4.98 Å². The highest BCUT2D eigenvalue weighted by Crippen LogP contribution is 2.30. The molecular formula is C13H18BrN3O. The van der Waals surface area contributed by atoms with E-state index in [1.807, 2.05) is 0 Å². The molecule has 98 valence electrons. The van der Waals surface area contributed by atoms with Gasteiger partial charge in [0.1, 0.15) is 5.82 Å². The van der Waals surface area contributed by atoms with Gasteiger partial charge in [-0.15, -0.1) is 0 Å². The molecule has 1 aromatic rings. The van der Waals surface area contributed by atoms with Gasteiger partial charge >= 0.3 is 0 Å². The summed E-state index contributed by atoms with van der Waals surface area (Å²) in [4.78, 5) is 7.21. The highest BCUT2D eigenvalue weighted by molar-refractivity contribution is 9.10. The number of hydrogen-bond acceptors (Lipinski definition) is 4. The van der Waals surface area contributed by atoms with Gasteiger partial charge < -0.3 is 15.0 Å². The summed E-state index contributed by atoms with van der Waals surface area (Å²) in [6.45, 7) is 6.64. The molecule has 2 aliphatic rings. The third kappa shape index (κ3) is 2.27. The van der Waals surface area contributed by atoms with Crippen molar-refractivity contribution in [1.82, 2.24) is 10.3 Å². The highest BCUT2D eigenvalue weighted by Gasteiger charge is 2.24. The molecule has 0 radical (unpaired) electrons. The molecule has 0 spiro atoms. The number of fused-ring (bicyclic) bond motifs is 1. The standard InChI is InChI=1S/C13H18BrN3O/c1-9-8-18-5-4-17(9)13-11(14)6-10-7-15-3-2-12(10)16-13/h6,9,15H,2-5,7-8H2,1H3/t9-/m1/s1. The number of pyridine rings is 1. The fourth-order valence-electron chi connectivity index (χ4n) is 2.60. The molecule has 1 aromatic heterocycles. The van der Waals surface area contributed by atoms with Crippen LogP contribution in [0.3, 0.4) is 0 Å². The number of halogens is 1. The van der Waals surface area contributed by atoms with E-state index in [0.29, 0.717) is 6.04 Å². The number of rotatable bonds is 1. The average molecular weight is 312 g/mol. The monoisotopic (exact) mass is 311 g/mol. The van der Waals surface area contributed by atoms with E-state index in [1.165, 1.54) is 11.3 Å². The zero-order chi connectivity index (χ0) is 12.5. The Bertz CT molecular complexity index is 452. The molecule has 1 N–H and O–H groups in total. The number of ether oxygens (including phenoxy) is 1. The Kier molecular flexibility index (Phi) is 3.54. The molecule has 5 heteroatoms. The lowest BCUT2D eigenvalue weighted by Crippen LogP contribution is -2.44. The molecule has 1 saturated heterocycles. The second-order valence-electron chi connectivity index (χ2n) is 4.94. The minimum atomic E-state index is 0.391. The summed E-state index contributed by atoms with van der Waals surface area (Å²) in [6, 6.07) is 2.61. The minimum Gasteiger partial charge on any atom is -0.377 e. The summed E-state index contributed by atoms with van der Waals surface area (Å²) in [6.07, 6.45) is 1.02. The van der Waals surface area contributed by atoms with Crippen LogP contribution in [0.15, 0.2) is 10.5 Å². The van der Waals surface area contributed by atoms with Crippen molar-refractivity contribution >= 4 is 21.7 Å². The first-order chi connectivity index (χ1) is 8.75. The van der Waals surface area contributed by atoms with Crippen molar-refractivity contribution in [3.8, 4) is 0 Å². The van der Waals surface area contributed by atoms with E-state index >= 15 is 0 Å². The second-order valence-corrected chi connectivity index (χ2v) is 5.80. The van der Waals surface area contributed by atoms with Gasteiger partial charge in [-0.2, -0.15) is 0 Å². The van der Waals surface area contributed by atoms with Gasteiger partial charge in [-0.3, -0.25) is 0 Å². The molecule has 0 saturated carbocycles. The Morgan fingerprint density at radius 3 is 3.28 bits per heavy atom. The predicted octanol–water partition coefficient (Wildman–Crippen LogP) is 1.71. The van der Waals surface area contributed by atoms with Crippen LogP contribution in [0, 0.1) is 0 Å². The molecule has 0 aliphatic carbocycles. The zero-order valence-electron chi connectivity index (χ0n) is 10.6. The molecule has 3 heterocycles. The Hall–Kier alpha value is -0.650. The maximum atomic E-state index is 5.49. The van der Waals surface area contributed by atoms with Crippen LogP contribution >= 0.6 is 15.9 Å². The van der Waals surface area contributed by atoms with E-state index in [0.717, 1.165) is 49.6 Å². The van der Waals surface area contributed by atoms with Crippen molar-refractivity contribution in [2.75, 3.05) is 31.2 Å². The molecule has 18 heavy (non-hydrogen) atoms. The van der Waals surface area contributed by atoms with Gasteiger partial charge in [-0.05, 0) is 34.5 Å². The quantitative estimate of drug-likeness (QED) is 0.857. The van der Waals surface area contributed by atoms with Crippen LogP contribution in [0.5, 0.6) is 0 Å². The van der Waals surface area contributed by atoms with Gasteiger partial charge in [0.15, 0.2) is 0 Å². The van der Waals surface area contributed by atoms with Gasteiger partial charge in [0.05, 0.1) is 23.7 Å². The Morgan fingerprint density at radius 1 is 1.56 bits per heavy atom. The zero-order valence-corrected chi connectivity index (χ0v) is 12.2. The number of aromatic nitrogens is 1. The van der Waals surface area contributed by atoms with Crippen LogP contribution in [0.2, 0.25) is 0 Å². The maximum Gasteiger partial charge on any atom is 0.143 e. The van der Waals surface area contributed by atoms with E-state index in [9.17, 15) is 0 Å². The highest BCUT2D eigenvalue weighted by atomic mass is 79.9. The van der Waals surface area contributed by atoms with Crippen LogP contribution in [-0.2, 0) is 17.7 Å². The average Bonchev–Trinajstić information content (AvgIpc) is 2.39. The van der Waals surface area contributed by atoms with Crippen molar-refractivity contribution < 1.29 is 4.74 Å². The number of hydrogen-bond donors (Lipinski definition) is 1. The van der Waals surface area contributed by atoms with Crippen LogP contribution in [0.4, 0.5) is 5.82 Å². The summed E-state index contributed by atoms with van der Waals surface area (Å²) >= 11 is 3.67.